The number of esters is 1. The van der Waals surface area contributed by atoms with Crippen LogP contribution in [0.2, 0.25) is 0 Å². The normalized spacial score (nSPS) is 10.9. The van der Waals surface area contributed by atoms with Crippen LogP contribution in [0.5, 0.6) is 0 Å². The molecule has 0 amide bonds. The Bertz CT molecular complexity index is 207. The summed E-state index contributed by atoms with van der Waals surface area (Å²) in [6.45, 7) is 7.91. The second-order valence-electron chi connectivity index (χ2n) is 2.76. The average molecular weight is 198 g/mol. The number of hydrogen-bond donors (Lipinski definition) is 0. The molecule has 0 spiro atoms. The molecule has 0 aromatic rings. The highest BCUT2D eigenvalue weighted by Gasteiger charge is 2.03. The van der Waals surface area contributed by atoms with Crippen LogP contribution in [0.1, 0.15) is 33.1 Å². The summed E-state index contributed by atoms with van der Waals surface area (Å²) in [5.74, 6) is -0.202. The lowest BCUT2D eigenvalue weighted by molar-refractivity contribution is -0.139. The fourth-order valence-electron chi connectivity index (χ4n) is 0.755. The third kappa shape index (κ3) is 6.29. The molecule has 14 heavy (non-hydrogen) atoms. The van der Waals surface area contributed by atoms with E-state index in [1.54, 1.807) is 6.08 Å². The second kappa shape index (κ2) is 8.35. The van der Waals surface area contributed by atoms with Crippen molar-refractivity contribution in [1.82, 2.24) is 0 Å². The monoisotopic (exact) mass is 198 g/mol. The Balaban J connectivity index is 3.96. The highest BCUT2D eigenvalue weighted by atomic mass is 16.7. The minimum atomic E-state index is -0.485. The van der Waals surface area contributed by atoms with E-state index in [0.29, 0.717) is 6.61 Å². The van der Waals surface area contributed by atoms with Crippen molar-refractivity contribution in [3.05, 3.63) is 24.7 Å². The van der Waals surface area contributed by atoms with Gasteiger partial charge in [0.2, 0.25) is 0 Å². The summed E-state index contributed by atoms with van der Waals surface area (Å²) in [6.07, 6.45) is 5.62. The Hall–Kier alpha value is -1.25. The summed E-state index contributed by atoms with van der Waals surface area (Å²) >= 11 is 0. The molecule has 0 aromatic carbocycles. The van der Waals surface area contributed by atoms with Crippen LogP contribution in [0.4, 0.5) is 0 Å². The van der Waals surface area contributed by atoms with Gasteiger partial charge in [0.25, 0.3) is 5.95 Å². The van der Waals surface area contributed by atoms with Gasteiger partial charge >= 0.3 is 5.97 Å². The minimum absolute atomic E-state index is 0.283. The quantitative estimate of drug-likeness (QED) is 0.273. The van der Waals surface area contributed by atoms with E-state index in [1.807, 2.05) is 6.92 Å². The van der Waals surface area contributed by atoms with Gasteiger partial charge in [0.1, 0.15) is 0 Å². The lowest BCUT2D eigenvalue weighted by atomic mass is 10.4. The van der Waals surface area contributed by atoms with Gasteiger partial charge in [-0.25, -0.2) is 4.79 Å². The first kappa shape index (κ1) is 12.8. The molecule has 0 rings (SSSR count). The standard InChI is InChI=1S/C11H18O3/c1-4-7-9-13-11(8-5-2)14-10(12)6-3/h6,8H,3-5,7,9H2,1-2H3/b11-8-. The molecule has 0 radical (unpaired) electrons. The fourth-order valence-corrected chi connectivity index (χ4v) is 0.755. The van der Waals surface area contributed by atoms with Crippen LogP contribution in [0, 0.1) is 0 Å². The van der Waals surface area contributed by atoms with Crippen molar-refractivity contribution in [3.63, 3.8) is 0 Å². The Morgan fingerprint density at radius 1 is 1.43 bits per heavy atom. The van der Waals surface area contributed by atoms with Gasteiger partial charge in [-0.2, -0.15) is 0 Å². The number of hydrogen-bond acceptors (Lipinski definition) is 3. The van der Waals surface area contributed by atoms with Crippen LogP contribution in [0.25, 0.3) is 0 Å². The molecule has 0 bridgehead atoms. The van der Waals surface area contributed by atoms with E-state index in [2.05, 4.69) is 13.5 Å². The molecule has 3 nitrogen and oxygen atoms in total. The summed E-state index contributed by atoms with van der Waals surface area (Å²) in [6, 6.07) is 0. The molecule has 0 saturated carbocycles. The van der Waals surface area contributed by atoms with Crippen molar-refractivity contribution in [2.45, 2.75) is 33.1 Å². The molecule has 0 aromatic heterocycles. The Labute approximate surface area is 85.4 Å². The lowest BCUT2D eigenvalue weighted by Crippen LogP contribution is -2.04. The molecular weight excluding hydrogens is 180 g/mol. The van der Waals surface area contributed by atoms with Crippen LogP contribution in [0.3, 0.4) is 0 Å². The zero-order valence-corrected chi connectivity index (χ0v) is 8.91. The van der Waals surface area contributed by atoms with Gasteiger partial charge in [-0.3, -0.25) is 0 Å². The van der Waals surface area contributed by atoms with Crippen molar-refractivity contribution in [3.8, 4) is 0 Å². The molecular formula is C11H18O3. The van der Waals surface area contributed by atoms with Gasteiger partial charge in [0.15, 0.2) is 0 Å². The predicted molar refractivity (Wildman–Crippen MR) is 55.5 cm³/mol. The van der Waals surface area contributed by atoms with Gasteiger partial charge in [-0.05, 0) is 18.9 Å². The van der Waals surface area contributed by atoms with E-state index in [9.17, 15) is 4.79 Å². The van der Waals surface area contributed by atoms with Gasteiger partial charge in [0, 0.05) is 6.08 Å². The average Bonchev–Trinajstić information content (AvgIpc) is 2.18. The molecule has 0 atom stereocenters. The maximum atomic E-state index is 10.9. The van der Waals surface area contributed by atoms with E-state index in [1.165, 1.54) is 0 Å². The molecule has 0 fully saturated rings. The van der Waals surface area contributed by atoms with E-state index in [-0.39, 0.29) is 5.95 Å². The Morgan fingerprint density at radius 3 is 2.64 bits per heavy atom. The third-order valence-corrected chi connectivity index (χ3v) is 1.48. The summed E-state index contributed by atoms with van der Waals surface area (Å²) in [5.41, 5.74) is 0. The highest BCUT2D eigenvalue weighted by molar-refractivity contribution is 5.81. The number of unbranched alkanes of at least 4 members (excludes halogenated alkanes) is 1. The van der Waals surface area contributed by atoms with E-state index in [4.69, 9.17) is 9.47 Å². The third-order valence-electron chi connectivity index (χ3n) is 1.48. The number of ether oxygens (including phenoxy) is 2. The van der Waals surface area contributed by atoms with E-state index in [0.717, 1.165) is 25.3 Å². The zero-order chi connectivity index (χ0) is 10.8. The summed E-state index contributed by atoms with van der Waals surface area (Å²) in [7, 11) is 0. The first-order chi connectivity index (χ1) is 6.74. The van der Waals surface area contributed by atoms with Crippen molar-refractivity contribution in [2.24, 2.45) is 0 Å². The summed E-state index contributed by atoms with van der Waals surface area (Å²) < 4.78 is 10.1. The fraction of sp³-hybridized carbons (Fsp3) is 0.545. The smallest absolute Gasteiger partial charge is 0.337 e. The zero-order valence-electron chi connectivity index (χ0n) is 8.91. The van der Waals surface area contributed by atoms with Crippen LogP contribution in [-0.2, 0) is 14.3 Å². The summed E-state index contributed by atoms with van der Waals surface area (Å²) in [4.78, 5) is 10.9. The number of carbonyl (C=O) groups excluding carboxylic acids is 1. The van der Waals surface area contributed by atoms with Gasteiger partial charge < -0.3 is 9.47 Å². The maximum absolute atomic E-state index is 10.9. The molecule has 0 N–H and O–H groups in total. The van der Waals surface area contributed by atoms with Crippen molar-refractivity contribution in [2.75, 3.05) is 6.61 Å². The predicted octanol–water partition coefficient (Wildman–Crippen LogP) is 2.78. The van der Waals surface area contributed by atoms with Crippen molar-refractivity contribution in [1.29, 1.82) is 0 Å². The molecule has 0 aliphatic rings. The van der Waals surface area contributed by atoms with Gasteiger partial charge in [0.05, 0.1) is 6.61 Å². The number of carbonyl (C=O) groups is 1. The molecule has 0 heterocycles. The first-order valence-electron chi connectivity index (χ1n) is 4.91. The topological polar surface area (TPSA) is 35.5 Å². The Morgan fingerprint density at radius 2 is 2.14 bits per heavy atom. The first-order valence-corrected chi connectivity index (χ1v) is 4.91. The maximum Gasteiger partial charge on any atom is 0.337 e. The number of allylic oxidation sites excluding steroid dienone is 1. The van der Waals surface area contributed by atoms with Crippen LogP contribution >= 0.6 is 0 Å². The second-order valence-corrected chi connectivity index (χ2v) is 2.76. The SMILES string of the molecule is C=CC(=O)O/C(=C\CC)OCCCC. The number of rotatable bonds is 7. The van der Waals surface area contributed by atoms with Gasteiger partial charge in [-0.1, -0.05) is 26.8 Å². The van der Waals surface area contributed by atoms with Crippen LogP contribution in [-0.4, -0.2) is 12.6 Å². The Kier molecular flexibility index (Phi) is 7.61. The molecule has 0 aliphatic carbocycles. The van der Waals surface area contributed by atoms with Crippen molar-refractivity contribution < 1.29 is 14.3 Å². The van der Waals surface area contributed by atoms with E-state index >= 15 is 0 Å². The van der Waals surface area contributed by atoms with E-state index < -0.39 is 5.97 Å². The largest absolute Gasteiger partial charge is 0.465 e. The summed E-state index contributed by atoms with van der Waals surface area (Å²) in [5, 5.41) is 0. The molecule has 3 heteroatoms. The van der Waals surface area contributed by atoms with Crippen LogP contribution in [0.15, 0.2) is 24.7 Å². The molecule has 0 unspecified atom stereocenters. The lowest BCUT2D eigenvalue weighted by Gasteiger charge is -2.08. The molecule has 80 valence electrons. The van der Waals surface area contributed by atoms with Crippen molar-refractivity contribution >= 4 is 5.97 Å². The molecule has 0 saturated heterocycles. The molecule has 0 aliphatic heterocycles. The minimum Gasteiger partial charge on any atom is -0.465 e. The highest BCUT2D eigenvalue weighted by Crippen LogP contribution is 2.04. The van der Waals surface area contributed by atoms with Crippen LogP contribution < -0.4 is 0 Å². The van der Waals surface area contributed by atoms with Gasteiger partial charge in [-0.15, -0.1) is 0 Å².